The zero-order valence-corrected chi connectivity index (χ0v) is 16.1. The minimum absolute atomic E-state index is 0.133. The molecule has 0 aliphatic carbocycles. The number of amides is 2. The van der Waals surface area contributed by atoms with E-state index < -0.39 is 6.04 Å². The minimum Gasteiger partial charge on any atom is -0.494 e. The average molecular weight is 388 g/mol. The van der Waals surface area contributed by atoms with Crippen molar-refractivity contribution in [3.8, 4) is 5.75 Å². The molecule has 0 unspecified atom stereocenters. The first-order valence-electron chi connectivity index (χ1n) is 9.56. The SMILES string of the molecule is CCOc1ccc(NC(=O)[C@H]2c3cccc[n+]3CC(=O)N2c2ccccc2)cc1. The van der Waals surface area contributed by atoms with Crippen molar-refractivity contribution < 1.29 is 18.9 Å². The molecule has 1 atom stereocenters. The Kier molecular flexibility index (Phi) is 5.24. The van der Waals surface area contributed by atoms with Gasteiger partial charge in [0.1, 0.15) is 5.75 Å². The van der Waals surface area contributed by atoms with Crippen LogP contribution in [-0.4, -0.2) is 18.4 Å². The van der Waals surface area contributed by atoms with Crippen molar-refractivity contribution in [1.29, 1.82) is 0 Å². The molecule has 6 heteroatoms. The van der Waals surface area contributed by atoms with Crippen LogP contribution in [0, 0.1) is 0 Å². The Morgan fingerprint density at radius 1 is 1.07 bits per heavy atom. The highest BCUT2D eigenvalue weighted by Crippen LogP contribution is 2.30. The molecule has 1 aliphatic rings. The predicted molar refractivity (Wildman–Crippen MR) is 110 cm³/mol. The van der Waals surface area contributed by atoms with E-state index in [9.17, 15) is 9.59 Å². The van der Waals surface area contributed by atoms with Crippen LogP contribution < -0.4 is 19.5 Å². The molecule has 2 amide bonds. The molecule has 0 bridgehead atoms. The van der Waals surface area contributed by atoms with Gasteiger partial charge in [0, 0.05) is 23.5 Å². The van der Waals surface area contributed by atoms with Gasteiger partial charge in [-0.25, -0.2) is 0 Å². The van der Waals surface area contributed by atoms with Gasteiger partial charge in [-0.3, -0.25) is 14.5 Å². The number of benzene rings is 2. The molecular weight excluding hydrogens is 366 g/mol. The van der Waals surface area contributed by atoms with Crippen molar-refractivity contribution in [3.63, 3.8) is 0 Å². The molecule has 0 spiro atoms. The molecule has 6 nitrogen and oxygen atoms in total. The maximum absolute atomic E-state index is 13.3. The molecule has 1 aliphatic heterocycles. The number of fused-ring (bicyclic) bond motifs is 1. The number of carbonyl (C=O) groups excluding carboxylic acids is 2. The van der Waals surface area contributed by atoms with E-state index in [4.69, 9.17) is 4.74 Å². The molecule has 1 N–H and O–H groups in total. The Hall–Kier alpha value is -3.67. The molecular formula is C23H22N3O3+. The molecule has 0 saturated heterocycles. The maximum atomic E-state index is 13.3. The quantitative estimate of drug-likeness (QED) is 0.683. The fourth-order valence-corrected chi connectivity index (χ4v) is 3.52. The number of para-hydroxylation sites is 1. The van der Waals surface area contributed by atoms with Crippen molar-refractivity contribution in [1.82, 2.24) is 0 Å². The lowest BCUT2D eigenvalue weighted by atomic mass is 10.0. The summed E-state index contributed by atoms with van der Waals surface area (Å²) in [6.45, 7) is 2.69. The number of rotatable bonds is 5. The van der Waals surface area contributed by atoms with Crippen LogP contribution in [0.1, 0.15) is 18.7 Å². The van der Waals surface area contributed by atoms with Crippen molar-refractivity contribution in [3.05, 3.63) is 84.7 Å². The van der Waals surface area contributed by atoms with E-state index in [1.54, 1.807) is 17.0 Å². The van der Waals surface area contributed by atoms with Gasteiger partial charge in [0.15, 0.2) is 6.20 Å². The lowest BCUT2D eigenvalue weighted by Gasteiger charge is -2.32. The van der Waals surface area contributed by atoms with E-state index in [2.05, 4.69) is 5.32 Å². The normalized spacial score (nSPS) is 15.6. The first-order chi connectivity index (χ1) is 14.2. The lowest BCUT2D eigenvalue weighted by molar-refractivity contribution is -0.695. The molecule has 4 rings (SSSR count). The highest BCUT2D eigenvalue weighted by atomic mass is 16.5. The van der Waals surface area contributed by atoms with Gasteiger partial charge in [-0.1, -0.05) is 24.3 Å². The van der Waals surface area contributed by atoms with Crippen LogP contribution >= 0.6 is 0 Å². The fraction of sp³-hybridized carbons (Fsp3) is 0.174. The van der Waals surface area contributed by atoms with Crippen LogP contribution in [-0.2, 0) is 16.1 Å². The third-order valence-electron chi connectivity index (χ3n) is 4.80. The summed E-state index contributed by atoms with van der Waals surface area (Å²) >= 11 is 0. The summed E-state index contributed by atoms with van der Waals surface area (Å²) in [6.07, 6.45) is 1.83. The monoisotopic (exact) mass is 388 g/mol. The van der Waals surface area contributed by atoms with E-state index in [-0.39, 0.29) is 18.4 Å². The van der Waals surface area contributed by atoms with Crippen LogP contribution in [0.4, 0.5) is 11.4 Å². The third kappa shape index (κ3) is 3.82. The molecule has 0 fully saturated rings. The second-order valence-electron chi connectivity index (χ2n) is 6.70. The van der Waals surface area contributed by atoms with Gasteiger partial charge in [-0.2, -0.15) is 4.57 Å². The Labute approximate surface area is 169 Å². The molecule has 2 heterocycles. The number of anilines is 2. The van der Waals surface area contributed by atoms with Crippen LogP contribution in [0.3, 0.4) is 0 Å². The number of hydrogen-bond acceptors (Lipinski definition) is 3. The zero-order valence-electron chi connectivity index (χ0n) is 16.1. The summed E-state index contributed by atoms with van der Waals surface area (Å²) < 4.78 is 7.27. The summed E-state index contributed by atoms with van der Waals surface area (Å²) in [6, 6.07) is 21.3. The summed E-state index contributed by atoms with van der Waals surface area (Å²) in [7, 11) is 0. The standard InChI is InChI=1S/C23H21N3O3/c1-2-29-19-13-11-17(12-14-19)24-23(28)22-20-10-6-7-15-25(20)16-21(27)26(22)18-8-4-3-5-9-18/h3-15,22H,2,16H2,1H3/p+1/t22-/m1/s1. The number of carbonyl (C=O) groups is 2. The van der Waals surface area contributed by atoms with E-state index in [1.807, 2.05) is 78.4 Å². The van der Waals surface area contributed by atoms with Crippen molar-refractivity contribution in [2.24, 2.45) is 0 Å². The first-order valence-corrected chi connectivity index (χ1v) is 9.56. The van der Waals surface area contributed by atoms with Crippen LogP contribution in [0.2, 0.25) is 0 Å². The van der Waals surface area contributed by atoms with E-state index >= 15 is 0 Å². The topological polar surface area (TPSA) is 62.5 Å². The van der Waals surface area contributed by atoms with Crippen LogP contribution in [0.25, 0.3) is 0 Å². The van der Waals surface area contributed by atoms with Crippen LogP contribution in [0.15, 0.2) is 79.0 Å². The van der Waals surface area contributed by atoms with Crippen molar-refractivity contribution in [2.45, 2.75) is 19.5 Å². The highest BCUT2D eigenvalue weighted by Gasteiger charge is 2.43. The van der Waals surface area contributed by atoms with Gasteiger partial charge >= 0.3 is 0 Å². The Balaban J connectivity index is 1.68. The number of nitrogens with one attached hydrogen (secondary N) is 1. The van der Waals surface area contributed by atoms with Gasteiger partial charge < -0.3 is 10.1 Å². The van der Waals surface area contributed by atoms with Gasteiger partial charge in [-0.15, -0.1) is 0 Å². The minimum atomic E-state index is -0.772. The summed E-state index contributed by atoms with van der Waals surface area (Å²) in [5.74, 6) is 0.336. The van der Waals surface area contributed by atoms with Gasteiger partial charge in [-0.05, 0) is 43.3 Å². The largest absolute Gasteiger partial charge is 0.494 e. The molecule has 3 aromatic rings. The average Bonchev–Trinajstić information content (AvgIpc) is 2.75. The zero-order chi connectivity index (χ0) is 20.2. The summed E-state index contributed by atoms with van der Waals surface area (Å²) in [5.41, 5.74) is 2.10. The van der Waals surface area contributed by atoms with Crippen molar-refractivity contribution in [2.75, 3.05) is 16.8 Å². The smallest absolute Gasteiger partial charge is 0.294 e. The summed E-state index contributed by atoms with van der Waals surface area (Å²) in [5, 5.41) is 2.94. The van der Waals surface area contributed by atoms with Gasteiger partial charge in [0.05, 0.1) is 6.61 Å². The maximum Gasteiger partial charge on any atom is 0.294 e. The van der Waals surface area contributed by atoms with Crippen molar-refractivity contribution >= 4 is 23.2 Å². The highest BCUT2D eigenvalue weighted by molar-refractivity contribution is 6.05. The third-order valence-corrected chi connectivity index (χ3v) is 4.80. The number of ether oxygens (including phenoxy) is 1. The first kappa shape index (κ1) is 18.7. The predicted octanol–water partition coefficient (Wildman–Crippen LogP) is 3.10. The number of pyridine rings is 1. The lowest BCUT2D eigenvalue weighted by Crippen LogP contribution is -2.58. The number of aromatic nitrogens is 1. The molecule has 1 aromatic heterocycles. The number of nitrogens with zero attached hydrogens (tertiary/aromatic N) is 2. The molecule has 146 valence electrons. The Bertz CT molecular complexity index is 1020. The number of hydrogen-bond donors (Lipinski definition) is 1. The van der Waals surface area contributed by atoms with E-state index in [0.717, 1.165) is 11.4 Å². The Morgan fingerprint density at radius 3 is 2.52 bits per heavy atom. The van der Waals surface area contributed by atoms with Gasteiger partial charge in [0.2, 0.25) is 18.3 Å². The fourth-order valence-electron chi connectivity index (χ4n) is 3.52. The van der Waals surface area contributed by atoms with E-state index in [0.29, 0.717) is 18.0 Å². The Morgan fingerprint density at radius 2 is 1.79 bits per heavy atom. The second kappa shape index (κ2) is 8.14. The van der Waals surface area contributed by atoms with Crippen LogP contribution in [0.5, 0.6) is 5.75 Å². The second-order valence-corrected chi connectivity index (χ2v) is 6.70. The molecule has 2 aromatic carbocycles. The van der Waals surface area contributed by atoms with E-state index in [1.165, 1.54) is 0 Å². The molecule has 29 heavy (non-hydrogen) atoms. The molecule has 0 saturated carbocycles. The summed E-state index contributed by atoms with van der Waals surface area (Å²) in [4.78, 5) is 27.8. The van der Waals surface area contributed by atoms with Gasteiger partial charge in [0.25, 0.3) is 11.8 Å². The molecule has 0 radical (unpaired) electrons.